The molecule has 8 nitrogen and oxygen atoms in total. The van der Waals surface area contributed by atoms with Crippen LogP contribution in [0.5, 0.6) is 0 Å². The van der Waals surface area contributed by atoms with Gasteiger partial charge < -0.3 is 21.1 Å². The highest BCUT2D eigenvalue weighted by atomic mass is 32.1. The fourth-order valence-corrected chi connectivity index (χ4v) is 5.42. The maximum absolute atomic E-state index is 11.2. The molecule has 0 radical (unpaired) electrons. The Morgan fingerprint density at radius 3 is 2.78 bits per heavy atom. The lowest BCUT2D eigenvalue weighted by Gasteiger charge is -2.27. The van der Waals surface area contributed by atoms with Crippen LogP contribution in [0.15, 0.2) is 54.9 Å². The zero-order valence-corrected chi connectivity index (χ0v) is 21.0. The first-order chi connectivity index (χ1) is 17.5. The van der Waals surface area contributed by atoms with Crippen LogP contribution < -0.4 is 16.0 Å². The van der Waals surface area contributed by atoms with Crippen LogP contribution in [0.2, 0.25) is 0 Å². The van der Waals surface area contributed by atoms with Crippen LogP contribution in [0, 0.1) is 0 Å². The number of hydrogen-bond acceptors (Lipinski definition) is 8. The second-order valence-corrected chi connectivity index (χ2v) is 10.2. The molecule has 36 heavy (non-hydrogen) atoms. The maximum atomic E-state index is 11.2. The largest absolute Gasteiger partial charge is 0.391 e. The molecule has 186 valence electrons. The van der Waals surface area contributed by atoms with Gasteiger partial charge in [-0.25, -0.2) is 9.97 Å². The Bertz CT molecular complexity index is 1360. The second kappa shape index (κ2) is 11.0. The molecule has 2 heterocycles. The number of rotatable bonds is 8. The Morgan fingerprint density at radius 1 is 1.06 bits per heavy atom. The van der Waals surface area contributed by atoms with Crippen LogP contribution in [0.3, 0.4) is 0 Å². The molecule has 1 amide bonds. The van der Waals surface area contributed by atoms with E-state index in [4.69, 9.17) is 9.97 Å². The van der Waals surface area contributed by atoms with Crippen molar-refractivity contribution in [3.63, 3.8) is 0 Å². The van der Waals surface area contributed by atoms with E-state index in [-0.39, 0.29) is 18.1 Å². The van der Waals surface area contributed by atoms with Crippen molar-refractivity contribution >= 4 is 38.4 Å². The number of hydrogen-bond donors (Lipinski definition) is 4. The highest BCUT2D eigenvalue weighted by Crippen LogP contribution is 2.30. The number of aromatic nitrogens is 3. The standard InChI is InChI=1S/C27H30N6O2S/c1-17(34)29-13-18-5-4-6-20(11-18)23-15-28-16-26(31-23)30-14-19-9-10-22-25(12-19)36-27(33-22)32-21-7-2-3-8-24(21)35/h4-6,9-12,15-16,21,24,35H,2-3,7-8,13-14H2,1H3,(H,29,34)(H,30,31)(H,32,33)/t21?,24-/m1/s1. The Hall–Kier alpha value is -3.56. The third-order valence-corrected chi connectivity index (χ3v) is 7.31. The number of nitrogens with zero attached hydrogens (tertiary/aromatic N) is 3. The van der Waals surface area contributed by atoms with Gasteiger partial charge in [0.05, 0.1) is 40.5 Å². The van der Waals surface area contributed by atoms with Gasteiger partial charge in [-0.2, -0.15) is 0 Å². The van der Waals surface area contributed by atoms with Crippen molar-refractivity contribution in [1.82, 2.24) is 20.3 Å². The molecule has 1 aliphatic rings. The minimum absolute atomic E-state index is 0.0570. The van der Waals surface area contributed by atoms with E-state index in [9.17, 15) is 9.90 Å². The number of aliphatic hydroxyl groups is 1. The van der Waals surface area contributed by atoms with E-state index in [1.54, 1.807) is 23.7 Å². The fraction of sp³-hybridized carbons (Fsp3) is 0.333. The molecule has 4 N–H and O–H groups in total. The van der Waals surface area contributed by atoms with E-state index >= 15 is 0 Å². The SMILES string of the molecule is CC(=O)NCc1cccc(-c2cncc(NCc3ccc4nc(NC5CCCC[C@H]5O)sc4c3)n2)c1. The Balaban J connectivity index is 1.24. The van der Waals surface area contributed by atoms with Gasteiger partial charge in [-0.3, -0.25) is 9.78 Å². The normalized spacial score (nSPS) is 17.6. The predicted octanol–water partition coefficient (Wildman–Crippen LogP) is 4.72. The van der Waals surface area contributed by atoms with Crippen molar-refractivity contribution in [3.05, 3.63) is 66.0 Å². The lowest BCUT2D eigenvalue weighted by atomic mass is 9.93. The van der Waals surface area contributed by atoms with Gasteiger partial charge in [-0.1, -0.05) is 48.4 Å². The highest BCUT2D eigenvalue weighted by molar-refractivity contribution is 7.22. The van der Waals surface area contributed by atoms with E-state index in [1.165, 1.54) is 6.92 Å². The molecule has 1 fully saturated rings. The van der Waals surface area contributed by atoms with Gasteiger partial charge in [0.25, 0.3) is 0 Å². The summed E-state index contributed by atoms with van der Waals surface area (Å²) in [4.78, 5) is 25.0. The summed E-state index contributed by atoms with van der Waals surface area (Å²) in [6, 6.07) is 14.3. The summed E-state index contributed by atoms with van der Waals surface area (Å²) in [6.45, 7) is 2.60. The van der Waals surface area contributed by atoms with Crippen molar-refractivity contribution in [2.75, 3.05) is 10.6 Å². The molecule has 1 unspecified atom stereocenters. The number of nitrogens with one attached hydrogen (secondary N) is 3. The molecule has 1 aliphatic carbocycles. The van der Waals surface area contributed by atoms with E-state index in [0.29, 0.717) is 18.9 Å². The third-order valence-electron chi connectivity index (χ3n) is 6.36. The van der Waals surface area contributed by atoms with Gasteiger partial charge >= 0.3 is 0 Å². The van der Waals surface area contributed by atoms with Crippen molar-refractivity contribution in [1.29, 1.82) is 0 Å². The molecule has 4 aromatic rings. The van der Waals surface area contributed by atoms with Crippen LogP contribution in [0.4, 0.5) is 10.9 Å². The Morgan fingerprint density at radius 2 is 1.92 bits per heavy atom. The molecule has 1 saturated carbocycles. The monoisotopic (exact) mass is 502 g/mol. The van der Waals surface area contributed by atoms with Gasteiger partial charge in [-0.15, -0.1) is 0 Å². The van der Waals surface area contributed by atoms with E-state index < -0.39 is 0 Å². The van der Waals surface area contributed by atoms with Crippen LogP contribution in [-0.4, -0.2) is 38.1 Å². The van der Waals surface area contributed by atoms with Crippen LogP contribution in [0.1, 0.15) is 43.7 Å². The van der Waals surface area contributed by atoms with Gasteiger partial charge in [0, 0.05) is 25.6 Å². The molecule has 2 aromatic heterocycles. The summed E-state index contributed by atoms with van der Waals surface area (Å²) in [5.41, 5.74) is 4.80. The van der Waals surface area contributed by atoms with Crippen LogP contribution in [-0.2, 0) is 17.9 Å². The number of anilines is 2. The van der Waals surface area contributed by atoms with Crippen molar-refractivity contribution in [2.24, 2.45) is 0 Å². The first-order valence-electron chi connectivity index (χ1n) is 12.3. The number of aliphatic hydroxyl groups excluding tert-OH is 1. The fourth-order valence-electron chi connectivity index (χ4n) is 4.43. The van der Waals surface area contributed by atoms with Gasteiger partial charge in [0.1, 0.15) is 5.82 Å². The number of carbonyl (C=O) groups is 1. The summed E-state index contributed by atoms with van der Waals surface area (Å²) in [6.07, 6.45) is 7.21. The quantitative estimate of drug-likeness (QED) is 0.276. The second-order valence-electron chi connectivity index (χ2n) is 9.18. The highest BCUT2D eigenvalue weighted by Gasteiger charge is 2.23. The van der Waals surface area contributed by atoms with Crippen molar-refractivity contribution in [2.45, 2.75) is 57.8 Å². The number of benzene rings is 2. The molecule has 9 heteroatoms. The first kappa shape index (κ1) is 24.1. The predicted molar refractivity (Wildman–Crippen MR) is 144 cm³/mol. The molecule has 2 atom stereocenters. The molecule has 5 rings (SSSR count). The zero-order chi connectivity index (χ0) is 24.9. The number of amides is 1. The average molecular weight is 503 g/mol. The molecule has 0 spiro atoms. The maximum Gasteiger partial charge on any atom is 0.217 e. The minimum atomic E-state index is -0.304. The Kier molecular flexibility index (Phi) is 7.39. The molecule has 0 bridgehead atoms. The number of thiazole rings is 1. The van der Waals surface area contributed by atoms with Crippen LogP contribution >= 0.6 is 11.3 Å². The van der Waals surface area contributed by atoms with Gasteiger partial charge in [0.15, 0.2) is 5.13 Å². The first-order valence-corrected chi connectivity index (χ1v) is 13.1. The third kappa shape index (κ3) is 5.98. The summed E-state index contributed by atoms with van der Waals surface area (Å²) >= 11 is 1.62. The summed E-state index contributed by atoms with van der Waals surface area (Å²) in [7, 11) is 0. The summed E-state index contributed by atoms with van der Waals surface area (Å²) < 4.78 is 1.11. The summed E-state index contributed by atoms with van der Waals surface area (Å²) in [5, 5.41) is 20.8. The number of fused-ring (bicyclic) bond motifs is 1. The van der Waals surface area contributed by atoms with Crippen LogP contribution in [0.25, 0.3) is 21.5 Å². The van der Waals surface area contributed by atoms with Gasteiger partial charge in [0.2, 0.25) is 5.91 Å². The lowest BCUT2D eigenvalue weighted by molar-refractivity contribution is -0.119. The van der Waals surface area contributed by atoms with Crippen molar-refractivity contribution in [3.8, 4) is 11.3 Å². The average Bonchev–Trinajstić information content (AvgIpc) is 3.29. The minimum Gasteiger partial charge on any atom is -0.391 e. The topological polar surface area (TPSA) is 112 Å². The van der Waals surface area contributed by atoms with E-state index in [0.717, 1.165) is 63.4 Å². The molecule has 0 aliphatic heterocycles. The van der Waals surface area contributed by atoms with E-state index in [1.807, 2.05) is 30.3 Å². The smallest absolute Gasteiger partial charge is 0.217 e. The molecule has 0 saturated heterocycles. The summed E-state index contributed by atoms with van der Waals surface area (Å²) in [5.74, 6) is 0.635. The Labute approximate surface area is 214 Å². The van der Waals surface area contributed by atoms with E-state index in [2.05, 4.69) is 33.1 Å². The molecule has 2 aromatic carbocycles. The molecular formula is C27H30N6O2S. The zero-order valence-electron chi connectivity index (χ0n) is 20.2. The lowest BCUT2D eigenvalue weighted by Crippen LogP contribution is -2.36. The van der Waals surface area contributed by atoms with Gasteiger partial charge in [-0.05, 0) is 42.2 Å². The number of carbonyl (C=O) groups excluding carboxylic acids is 1. The molecular weight excluding hydrogens is 472 g/mol. The van der Waals surface area contributed by atoms with Crippen molar-refractivity contribution < 1.29 is 9.90 Å².